The van der Waals surface area contributed by atoms with Gasteiger partial charge in [-0.1, -0.05) is 18.6 Å². The summed E-state index contributed by atoms with van der Waals surface area (Å²) in [4.78, 5) is 14.3. The number of carbonyl (C=O) groups is 1. The largest absolute Gasteiger partial charge is 0.376 e. The summed E-state index contributed by atoms with van der Waals surface area (Å²) in [6, 6.07) is 7.81. The highest BCUT2D eigenvalue weighted by Gasteiger charge is 2.42. The van der Waals surface area contributed by atoms with Gasteiger partial charge in [0.05, 0.1) is 16.8 Å². The minimum absolute atomic E-state index is 0.0607. The maximum atomic E-state index is 12.3. The topological polar surface area (TPSA) is 58.4 Å². The van der Waals surface area contributed by atoms with E-state index in [2.05, 4.69) is 5.32 Å². The van der Waals surface area contributed by atoms with Crippen LogP contribution in [0.15, 0.2) is 24.3 Å². The smallest absolute Gasteiger partial charge is 0.231 e. The number of amides is 1. The molecule has 18 heavy (non-hydrogen) atoms. The fraction of sp³-hybridized carbons (Fsp3) is 0.500. The average Bonchev–Trinajstić information content (AvgIpc) is 2.28. The van der Waals surface area contributed by atoms with Gasteiger partial charge in [-0.2, -0.15) is 0 Å². The quantitative estimate of drug-likeness (QED) is 0.853. The summed E-state index contributed by atoms with van der Waals surface area (Å²) in [5, 5.41) is 3.02. The van der Waals surface area contributed by atoms with Crippen LogP contribution in [-0.2, 0) is 4.79 Å². The normalized spacial score (nSPS) is 16.8. The highest BCUT2D eigenvalue weighted by atomic mass is 16.2. The fourth-order valence-electron chi connectivity index (χ4n) is 2.35. The van der Waals surface area contributed by atoms with E-state index in [0.717, 1.165) is 30.6 Å². The highest BCUT2D eigenvalue weighted by Crippen LogP contribution is 2.41. The lowest BCUT2D eigenvalue weighted by Gasteiger charge is -2.39. The van der Waals surface area contributed by atoms with Gasteiger partial charge in [0.25, 0.3) is 0 Å². The number of para-hydroxylation sites is 2. The molecular formula is C14H21N3O. The van der Waals surface area contributed by atoms with E-state index in [9.17, 15) is 4.79 Å². The summed E-state index contributed by atoms with van der Waals surface area (Å²) in [6.07, 6.45) is 2.90. The van der Waals surface area contributed by atoms with Gasteiger partial charge in [0.1, 0.15) is 0 Å². The van der Waals surface area contributed by atoms with Gasteiger partial charge < -0.3 is 16.0 Å². The lowest BCUT2D eigenvalue weighted by atomic mass is 9.68. The second kappa shape index (κ2) is 4.98. The van der Waals surface area contributed by atoms with Gasteiger partial charge in [0.15, 0.2) is 0 Å². The first-order chi connectivity index (χ1) is 8.59. The summed E-state index contributed by atoms with van der Waals surface area (Å²) >= 11 is 0. The van der Waals surface area contributed by atoms with Crippen molar-refractivity contribution in [1.82, 2.24) is 0 Å². The first-order valence-corrected chi connectivity index (χ1v) is 6.37. The van der Waals surface area contributed by atoms with Gasteiger partial charge in [-0.15, -0.1) is 0 Å². The second-order valence-corrected chi connectivity index (χ2v) is 5.20. The molecule has 2 rings (SSSR count). The number of rotatable bonds is 4. The van der Waals surface area contributed by atoms with Crippen LogP contribution < -0.4 is 16.0 Å². The number of hydrogen-bond donors (Lipinski definition) is 2. The van der Waals surface area contributed by atoms with Crippen LogP contribution in [0.1, 0.15) is 19.3 Å². The average molecular weight is 247 g/mol. The van der Waals surface area contributed by atoms with Crippen LogP contribution in [-0.4, -0.2) is 26.5 Å². The Morgan fingerprint density at radius 1 is 1.39 bits per heavy atom. The number of anilines is 2. The third-order valence-corrected chi connectivity index (χ3v) is 3.82. The number of nitrogens with one attached hydrogen (secondary N) is 1. The Morgan fingerprint density at radius 3 is 2.56 bits per heavy atom. The number of benzene rings is 1. The first-order valence-electron chi connectivity index (χ1n) is 6.37. The Morgan fingerprint density at radius 2 is 2.06 bits per heavy atom. The van der Waals surface area contributed by atoms with Crippen LogP contribution in [0.25, 0.3) is 0 Å². The van der Waals surface area contributed by atoms with Gasteiger partial charge >= 0.3 is 0 Å². The molecule has 98 valence electrons. The molecule has 1 aromatic carbocycles. The molecule has 1 amide bonds. The van der Waals surface area contributed by atoms with E-state index < -0.39 is 0 Å². The molecule has 3 N–H and O–H groups in total. The summed E-state index contributed by atoms with van der Waals surface area (Å²) in [6.45, 7) is 0.433. The van der Waals surface area contributed by atoms with E-state index in [0.29, 0.717) is 6.54 Å². The molecule has 4 nitrogen and oxygen atoms in total. The Labute approximate surface area is 108 Å². The molecular weight excluding hydrogens is 226 g/mol. The van der Waals surface area contributed by atoms with Crippen molar-refractivity contribution in [3.8, 4) is 0 Å². The zero-order chi connectivity index (χ0) is 13.2. The van der Waals surface area contributed by atoms with Crippen molar-refractivity contribution in [3.63, 3.8) is 0 Å². The molecule has 0 unspecified atom stereocenters. The molecule has 0 bridgehead atoms. The lowest BCUT2D eigenvalue weighted by Crippen LogP contribution is -2.47. The number of carbonyl (C=O) groups excluding carboxylic acids is 1. The Kier molecular flexibility index (Phi) is 3.57. The first kappa shape index (κ1) is 12.9. The molecule has 1 saturated carbocycles. The van der Waals surface area contributed by atoms with Crippen LogP contribution >= 0.6 is 0 Å². The van der Waals surface area contributed by atoms with E-state index in [-0.39, 0.29) is 11.3 Å². The second-order valence-electron chi connectivity index (χ2n) is 5.20. The molecule has 0 saturated heterocycles. The van der Waals surface area contributed by atoms with E-state index in [1.807, 2.05) is 43.3 Å². The maximum Gasteiger partial charge on any atom is 0.231 e. The minimum atomic E-state index is -0.334. The van der Waals surface area contributed by atoms with Crippen molar-refractivity contribution in [2.45, 2.75) is 19.3 Å². The van der Waals surface area contributed by atoms with E-state index in [4.69, 9.17) is 5.73 Å². The molecule has 0 atom stereocenters. The zero-order valence-electron chi connectivity index (χ0n) is 11.1. The van der Waals surface area contributed by atoms with Gasteiger partial charge in [-0.05, 0) is 25.0 Å². The zero-order valence-corrected chi connectivity index (χ0v) is 11.1. The van der Waals surface area contributed by atoms with Crippen molar-refractivity contribution in [2.75, 3.05) is 30.9 Å². The monoisotopic (exact) mass is 247 g/mol. The molecule has 0 aromatic heterocycles. The number of hydrogen-bond acceptors (Lipinski definition) is 3. The van der Waals surface area contributed by atoms with Crippen LogP contribution in [0.2, 0.25) is 0 Å². The summed E-state index contributed by atoms with van der Waals surface area (Å²) in [7, 11) is 3.93. The lowest BCUT2D eigenvalue weighted by molar-refractivity contribution is -0.129. The predicted molar refractivity (Wildman–Crippen MR) is 74.7 cm³/mol. The number of nitrogens with zero attached hydrogens (tertiary/aromatic N) is 1. The van der Waals surface area contributed by atoms with Gasteiger partial charge in [-0.3, -0.25) is 4.79 Å². The molecule has 1 aliphatic rings. The Bertz CT molecular complexity index is 433. The van der Waals surface area contributed by atoms with Crippen molar-refractivity contribution in [2.24, 2.45) is 11.1 Å². The maximum absolute atomic E-state index is 12.3. The van der Waals surface area contributed by atoms with E-state index in [1.54, 1.807) is 0 Å². The van der Waals surface area contributed by atoms with Crippen molar-refractivity contribution in [3.05, 3.63) is 24.3 Å². The van der Waals surface area contributed by atoms with Gasteiger partial charge in [0.2, 0.25) is 5.91 Å². The molecule has 4 heteroatoms. The predicted octanol–water partition coefficient (Wildman–Crippen LogP) is 1.82. The highest BCUT2D eigenvalue weighted by molar-refractivity contribution is 5.98. The molecule has 0 aliphatic heterocycles. The standard InChI is InChI=1S/C14H21N3O/c1-17(2)12-7-4-3-6-11(12)16-13(18)14(10-15)8-5-9-14/h3-4,6-7H,5,8-10,15H2,1-2H3,(H,16,18). The number of nitrogens with two attached hydrogens (primary N) is 1. The third kappa shape index (κ3) is 2.20. The van der Waals surface area contributed by atoms with Crippen LogP contribution in [0.3, 0.4) is 0 Å². The molecule has 0 heterocycles. The molecule has 1 aliphatic carbocycles. The van der Waals surface area contributed by atoms with Crippen molar-refractivity contribution >= 4 is 17.3 Å². The minimum Gasteiger partial charge on any atom is -0.376 e. The van der Waals surface area contributed by atoms with Gasteiger partial charge in [-0.25, -0.2) is 0 Å². The molecule has 1 fully saturated rings. The molecule has 1 aromatic rings. The Hall–Kier alpha value is -1.55. The van der Waals surface area contributed by atoms with Crippen LogP contribution in [0.5, 0.6) is 0 Å². The third-order valence-electron chi connectivity index (χ3n) is 3.82. The van der Waals surface area contributed by atoms with E-state index >= 15 is 0 Å². The van der Waals surface area contributed by atoms with Gasteiger partial charge in [0, 0.05) is 20.6 Å². The van der Waals surface area contributed by atoms with E-state index in [1.165, 1.54) is 0 Å². The SMILES string of the molecule is CN(C)c1ccccc1NC(=O)C1(CN)CCC1. The van der Waals surface area contributed by atoms with Crippen molar-refractivity contribution < 1.29 is 4.79 Å². The summed E-state index contributed by atoms with van der Waals surface area (Å²) < 4.78 is 0. The fourth-order valence-corrected chi connectivity index (χ4v) is 2.35. The summed E-state index contributed by atoms with van der Waals surface area (Å²) in [5.74, 6) is 0.0607. The molecule has 0 radical (unpaired) electrons. The van der Waals surface area contributed by atoms with Crippen LogP contribution in [0, 0.1) is 5.41 Å². The summed E-state index contributed by atoms with van der Waals surface area (Å²) in [5.41, 5.74) is 7.28. The van der Waals surface area contributed by atoms with Crippen molar-refractivity contribution in [1.29, 1.82) is 0 Å². The van der Waals surface area contributed by atoms with Crippen LogP contribution in [0.4, 0.5) is 11.4 Å². The Balaban J connectivity index is 2.17. The molecule has 0 spiro atoms.